The number of nitrogens with zero attached hydrogens (tertiary/aromatic N) is 1. The summed E-state index contributed by atoms with van der Waals surface area (Å²) in [5, 5.41) is 3.29. The van der Waals surface area contributed by atoms with Crippen molar-refractivity contribution in [1.29, 1.82) is 0 Å². The molecule has 0 radical (unpaired) electrons. The molecular weight excluding hydrogens is 416 g/mol. The van der Waals surface area contributed by atoms with Gasteiger partial charge in [-0.2, -0.15) is 0 Å². The Morgan fingerprint density at radius 2 is 1.41 bits per heavy atom. The average molecular weight is 455 g/mol. The van der Waals surface area contributed by atoms with Crippen molar-refractivity contribution in [3.05, 3.63) is 100 Å². The summed E-state index contributed by atoms with van der Waals surface area (Å²) in [5.41, 5.74) is 8.22. The van der Waals surface area contributed by atoms with Gasteiger partial charge in [0.15, 0.2) is 0 Å². The number of hydrogen-bond acceptors (Lipinski definition) is 1. The predicted molar refractivity (Wildman–Crippen MR) is 142 cm³/mol. The van der Waals surface area contributed by atoms with Crippen molar-refractivity contribution in [2.75, 3.05) is 5.32 Å². The average Bonchev–Trinajstić information content (AvgIpc) is 3.10. The van der Waals surface area contributed by atoms with E-state index in [9.17, 15) is 4.79 Å². The van der Waals surface area contributed by atoms with E-state index in [0.717, 1.165) is 36.1 Å². The molecule has 0 atom stereocenters. The summed E-state index contributed by atoms with van der Waals surface area (Å²) < 4.78 is 0. The van der Waals surface area contributed by atoms with Gasteiger partial charge in [-0.1, -0.05) is 98.0 Å². The highest BCUT2D eigenvalue weighted by Crippen LogP contribution is 2.27. The molecule has 0 aromatic heterocycles. The SMILES string of the molecule is Cc1cc(C)c(NC(=O)N(Cc2cccc(Cc3ccccc3)c2)C2CCCCCC2)c(C)c1. The zero-order valence-corrected chi connectivity index (χ0v) is 20.9. The molecule has 1 N–H and O–H groups in total. The molecule has 0 unspecified atom stereocenters. The van der Waals surface area contributed by atoms with Crippen molar-refractivity contribution in [2.24, 2.45) is 0 Å². The van der Waals surface area contributed by atoms with Crippen LogP contribution in [0.4, 0.5) is 10.5 Å². The number of urea groups is 1. The quantitative estimate of drug-likeness (QED) is 0.376. The topological polar surface area (TPSA) is 32.3 Å². The molecule has 1 aliphatic rings. The second kappa shape index (κ2) is 11.4. The predicted octanol–water partition coefficient (Wildman–Crippen LogP) is 7.96. The Balaban J connectivity index is 1.57. The fraction of sp³-hybridized carbons (Fsp3) is 0.387. The van der Waals surface area contributed by atoms with Crippen molar-refractivity contribution in [3.8, 4) is 0 Å². The minimum atomic E-state index is 0.0235. The Bertz CT molecular complexity index is 1070. The molecule has 1 aliphatic carbocycles. The summed E-state index contributed by atoms with van der Waals surface area (Å²) in [7, 11) is 0. The minimum absolute atomic E-state index is 0.0235. The summed E-state index contributed by atoms with van der Waals surface area (Å²) in [6.07, 6.45) is 8.03. The van der Waals surface area contributed by atoms with Crippen LogP contribution in [0.15, 0.2) is 66.7 Å². The number of hydrogen-bond donors (Lipinski definition) is 1. The number of carbonyl (C=O) groups is 1. The van der Waals surface area contributed by atoms with E-state index < -0.39 is 0 Å². The third-order valence-electron chi connectivity index (χ3n) is 7.03. The van der Waals surface area contributed by atoms with Crippen LogP contribution in [-0.2, 0) is 13.0 Å². The highest BCUT2D eigenvalue weighted by Gasteiger charge is 2.26. The molecule has 4 rings (SSSR count). The molecule has 1 saturated carbocycles. The Morgan fingerprint density at radius 3 is 2.09 bits per heavy atom. The van der Waals surface area contributed by atoms with Gasteiger partial charge in [-0.15, -0.1) is 0 Å². The molecule has 2 amide bonds. The van der Waals surface area contributed by atoms with Crippen LogP contribution >= 0.6 is 0 Å². The number of aryl methyl sites for hydroxylation is 3. The van der Waals surface area contributed by atoms with Crippen LogP contribution in [0.1, 0.15) is 71.9 Å². The summed E-state index contributed by atoms with van der Waals surface area (Å²) in [6.45, 7) is 6.91. The molecular formula is C31H38N2O. The lowest BCUT2D eigenvalue weighted by atomic mass is 10.0. The van der Waals surface area contributed by atoms with E-state index in [1.807, 2.05) is 0 Å². The second-order valence-corrected chi connectivity index (χ2v) is 9.96. The van der Waals surface area contributed by atoms with Crippen LogP contribution in [0.3, 0.4) is 0 Å². The van der Waals surface area contributed by atoms with Crippen LogP contribution in [0.25, 0.3) is 0 Å². The van der Waals surface area contributed by atoms with Crippen LogP contribution in [0, 0.1) is 20.8 Å². The first-order valence-corrected chi connectivity index (χ1v) is 12.8. The highest BCUT2D eigenvalue weighted by atomic mass is 16.2. The molecule has 3 aromatic carbocycles. The van der Waals surface area contributed by atoms with Crippen molar-refractivity contribution >= 4 is 11.7 Å². The third kappa shape index (κ3) is 6.28. The van der Waals surface area contributed by atoms with Crippen molar-refractivity contribution in [3.63, 3.8) is 0 Å². The molecule has 1 fully saturated rings. The molecule has 0 heterocycles. The first kappa shape index (κ1) is 24.1. The van der Waals surface area contributed by atoms with Crippen LogP contribution in [0.2, 0.25) is 0 Å². The van der Waals surface area contributed by atoms with E-state index in [-0.39, 0.29) is 12.1 Å². The lowest BCUT2D eigenvalue weighted by Gasteiger charge is -2.32. The van der Waals surface area contributed by atoms with Gasteiger partial charge in [0.1, 0.15) is 0 Å². The smallest absolute Gasteiger partial charge is 0.317 e. The normalized spacial score (nSPS) is 14.4. The maximum Gasteiger partial charge on any atom is 0.322 e. The van der Waals surface area contributed by atoms with Gasteiger partial charge in [0.05, 0.1) is 0 Å². The standard InChI is InChI=1S/C31H38N2O/c1-23-18-24(2)30(25(3)19-23)32-31(34)33(29-16-9-4-5-10-17-29)22-28-15-11-14-27(21-28)20-26-12-7-6-8-13-26/h6-8,11-15,18-19,21,29H,4-5,9-10,16-17,20,22H2,1-3H3,(H,32,34). The van der Waals surface area contributed by atoms with Crippen LogP contribution in [-0.4, -0.2) is 17.0 Å². The molecule has 0 bridgehead atoms. The number of carbonyl (C=O) groups excluding carboxylic acids is 1. The van der Waals surface area contributed by atoms with Crippen LogP contribution < -0.4 is 5.32 Å². The molecule has 0 aliphatic heterocycles. The van der Waals surface area contributed by atoms with Crippen LogP contribution in [0.5, 0.6) is 0 Å². The minimum Gasteiger partial charge on any atom is -0.317 e. The Hall–Kier alpha value is -3.07. The Labute approximate surface area is 205 Å². The van der Waals surface area contributed by atoms with Gasteiger partial charge in [-0.05, 0) is 67.9 Å². The lowest BCUT2D eigenvalue weighted by molar-refractivity contribution is 0.175. The van der Waals surface area contributed by atoms with Gasteiger partial charge in [0.2, 0.25) is 0 Å². The maximum absolute atomic E-state index is 13.7. The van der Waals surface area contributed by atoms with Gasteiger partial charge < -0.3 is 10.2 Å². The molecule has 0 saturated heterocycles. The zero-order chi connectivity index (χ0) is 23.9. The van der Waals surface area contributed by atoms with E-state index in [2.05, 4.69) is 97.7 Å². The Kier molecular flexibility index (Phi) is 8.05. The van der Waals surface area contributed by atoms with Crippen molar-refractivity contribution in [1.82, 2.24) is 4.90 Å². The summed E-state index contributed by atoms with van der Waals surface area (Å²) in [5.74, 6) is 0. The monoisotopic (exact) mass is 454 g/mol. The van der Waals surface area contributed by atoms with Gasteiger partial charge in [-0.3, -0.25) is 0 Å². The largest absolute Gasteiger partial charge is 0.322 e. The molecule has 3 heteroatoms. The number of benzene rings is 3. The highest BCUT2D eigenvalue weighted by molar-refractivity contribution is 5.91. The molecule has 3 nitrogen and oxygen atoms in total. The van der Waals surface area contributed by atoms with E-state index >= 15 is 0 Å². The maximum atomic E-state index is 13.7. The Morgan fingerprint density at radius 1 is 0.794 bits per heavy atom. The van der Waals surface area contributed by atoms with E-state index in [0.29, 0.717) is 6.54 Å². The number of rotatable bonds is 6. The molecule has 0 spiro atoms. The number of amides is 2. The molecule has 178 valence electrons. The summed E-state index contributed by atoms with van der Waals surface area (Å²) in [6, 6.07) is 23.9. The van der Waals surface area contributed by atoms with Gasteiger partial charge in [0.25, 0.3) is 0 Å². The fourth-order valence-electron chi connectivity index (χ4n) is 5.36. The van der Waals surface area contributed by atoms with Gasteiger partial charge in [0, 0.05) is 18.3 Å². The molecule has 3 aromatic rings. The lowest BCUT2D eigenvalue weighted by Crippen LogP contribution is -2.42. The van der Waals surface area contributed by atoms with E-state index in [1.54, 1.807) is 0 Å². The molecule has 34 heavy (non-hydrogen) atoms. The third-order valence-corrected chi connectivity index (χ3v) is 7.03. The zero-order valence-electron chi connectivity index (χ0n) is 20.9. The number of anilines is 1. The summed E-state index contributed by atoms with van der Waals surface area (Å²) in [4.78, 5) is 15.8. The van der Waals surface area contributed by atoms with Gasteiger partial charge >= 0.3 is 6.03 Å². The second-order valence-electron chi connectivity index (χ2n) is 9.96. The van der Waals surface area contributed by atoms with E-state index in [4.69, 9.17) is 0 Å². The fourth-order valence-corrected chi connectivity index (χ4v) is 5.36. The first-order valence-electron chi connectivity index (χ1n) is 12.8. The van der Waals surface area contributed by atoms with E-state index in [1.165, 1.54) is 47.9 Å². The van der Waals surface area contributed by atoms with Crippen molar-refractivity contribution in [2.45, 2.75) is 78.3 Å². The summed E-state index contributed by atoms with van der Waals surface area (Å²) >= 11 is 0. The number of nitrogens with one attached hydrogen (secondary N) is 1. The first-order chi connectivity index (χ1) is 16.5. The van der Waals surface area contributed by atoms with Crippen molar-refractivity contribution < 1.29 is 4.79 Å². The van der Waals surface area contributed by atoms with Gasteiger partial charge in [-0.25, -0.2) is 4.79 Å².